The van der Waals surface area contributed by atoms with Crippen LogP contribution in [0.25, 0.3) is 0 Å². The first-order chi connectivity index (χ1) is 12.0. The molecule has 0 unspecified atom stereocenters. The maximum atomic E-state index is 12.2. The molecule has 5 nitrogen and oxygen atoms in total. The Kier molecular flexibility index (Phi) is 5.16. The van der Waals surface area contributed by atoms with E-state index in [4.69, 9.17) is 23.2 Å². The molecule has 0 spiro atoms. The van der Waals surface area contributed by atoms with E-state index in [9.17, 15) is 4.79 Å². The Morgan fingerprint density at radius 3 is 2.44 bits per heavy atom. The lowest BCUT2D eigenvalue weighted by Gasteiger charge is -2.08. The van der Waals surface area contributed by atoms with Crippen LogP contribution in [-0.4, -0.2) is 15.9 Å². The van der Waals surface area contributed by atoms with E-state index in [0.717, 1.165) is 11.3 Å². The van der Waals surface area contributed by atoms with Crippen LogP contribution in [0.3, 0.4) is 0 Å². The average molecular weight is 373 g/mol. The van der Waals surface area contributed by atoms with Crippen LogP contribution in [-0.2, 0) is 0 Å². The summed E-state index contributed by atoms with van der Waals surface area (Å²) >= 11 is 12.0. The molecule has 7 heteroatoms. The molecule has 0 aliphatic heterocycles. The molecule has 2 aromatic carbocycles. The molecule has 0 aliphatic carbocycles. The Balaban J connectivity index is 1.69. The number of nitrogens with zero attached hydrogens (tertiary/aromatic N) is 2. The van der Waals surface area contributed by atoms with Crippen molar-refractivity contribution in [1.29, 1.82) is 0 Å². The second-order valence-electron chi connectivity index (χ2n) is 5.35. The fourth-order valence-corrected chi connectivity index (χ4v) is 2.45. The topological polar surface area (TPSA) is 66.9 Å². The zero-order chi connectivity index (χ0) is 17.8. The van der Waals surface area contributed by atoms with Crippen molar-refractivity contribution in [2.75, 3.05) is 10.6 Å². The smallest absolute Gasteiger partial charge is 0.258 e. The third-order valence-corrected chi connectivity index (χ3v) is 4.07. The molecular formula is C18H14Cl2N4O. The molecule has 0 aliphatic rings. The van der Waals surface area contributed by atoms with Crippen LogP contribution in [0.4, 0.5) is 17.3 Å². The van der Waals surface area contributed by atoms with Gasteiger partial charge in [-0.15, -0.1) is 0 Å². The van der Waals surface area contributed by atoms with Crippen molar-refractivity contribution in [3.8, 4) is 0 Å². The summed E-state index contributed by atoms with van der Waals surface area (Å²) in [6.45, 7) is 1.93. The second-order valence-corrected chi connectivity index (χ2v) is 6.19. The fourth-order valence-electron chi connectivity index (χ4n) is 2.08. The Hall–Kier alpha value is -2.63. The summed E-state index contributed by atoms with van der Waals surface area (Å²) in [5.74, 6) is 0.0615. The van der Waals surface area contributed by atoms with Gasteiger partial charge in [0.1, 0.15) is 0 Å². The number of amides is 1. The second kappa shape index (κ2) is 7.51. The van der Waals surface area contributed by atoms with Gasteiger partial charge in [-0.2, -0.15) is 0 Å². The number of hydrogen-bond acceptors (Lipinski definition) is 4. The molecular weight excluding hydrogens is 359 g/mol. The Morgan fingerprint density at radius 1 is 1.00 bits per heavy atom. The van der Waals surface area contributed by atoms with E-state index in [2.05, 4.69) is 20.6 Å². The minimum absolute atomic E-state index is 0.313. The highest BCUT2D eigenvalue weighted by Crippen LogP contribution is 2.22. The van der Waals surface area contributed by atoms with E-state index in [1.165, 1.54) is 12.4 Å². The van der Waals surface area contributed by atoms with Crippen molar-refractivity contribution >= 4 is 46.4 Å². The lowest BCUT2D eigenvalue weighted by atomic mass is 10.2. The van der Waals surface area contributed by atoms with Crippen LogP contribution in [0.2, 0.25) is 10.0 Å². The monoisotopic (exact) mass is 372 g/mol. The van der Waals surface area contributed by atoms with Gasteiger partial charge in [0, 0.05) is 33.8 Å². The van der Waals surface area contributed by atoms with E-state index in [1.54, 1.807) is 30.3 Å². The van der Waals surface area contributed by atoms with Crippen molar-refractivity contribution in [3.63, 3.8) is 0 Å². The zero-order valence-electron chi connectivity index (χ0n) is 13.3. The average Bonchev–Trinajstić information content (AvgIpc) is 2.59. The number of aryl methyl sites for hydroxylation is 1. The predicted molar refractivity (Wildman–Crippen MR) is 101 cm³/mol. The summed E-state index contributed by atoms with van der Waals surface area (Å²) in [4.78, 5) is 20.5. The number of nitrogens with one attached hydrogen (secondary N) is 2. The molecule has 0 fully saturated rings. The van der Waals surface area contributed by atoms with Crippen LogP contribution in [0.5, 0.6) is 0 Å². The van der Waals surface area contributed by atoms with Gasteiger partial charge in [0.2, 0.25) is 5.95 Å². The van der Waals surface area contributed by atoms with Crippen LogP contribution in [0, 0.1) is 6.92 Å². The molecule has 1 amide bonds. The van der Waals surface area contributed by atoms with Gasteiger partial charge >= 0.3 is 0 Å². The summed E-state index contributed by atoms with van der Waals surface area (Å²) < 4.78 is 0. The summed E-state index contributed by atoms with van der Waals surface area (Å²) in [6.07, 6.45) is 2.90. The number of hydrogen-bond donors (Lipinski definition) is 2. The molecule has 0 radical (unpaired) electrons. The Labute approximate surface area is 155 Å². The summed E-state index contributed by atoms with van der Waals surface area (Å²) in [7, 11) is 0. The molecule has 0 bridgehead atoms. The van der Waals surface area contributed by atoms with Gasteiger partial charge in [0.25, 0.3) is 5.91 Å². The molecule has 3 rings (SSSR count). The predicted octanol–water partition coefficient (Wildman–Crippen LogP) is 5.09. The van der Waals surface area contributed by atoms with E-state index < -0.39 is 0 Å². The minimum Gasteiger partial charge on any atom is -0.324 e. The van der Waals surface area contributed by atoms with Crippen molar-refractivity contribution < 1.29 is 4.79 Å². The molecule has 3 aromatic rings. The zero-order valence-corrected chi connectivity index (χ0v) is 14.8. The Bertz CT molecular complexity index is 913. The molecule has 0 atom stereocenters. The summed E-state index contributed by atoms with van der Waals surface area (Å²) in [5.41, 5.74) is 2.70. The minimum atomic E-state index is -0.313. The quantitative estimate of drug-likeness (QED) is 0.669. The van der Waals surface area contributed by atoms with Gasteiger partial charge < -0.3 is 10.6 Å². The van der Waals surface area contributed by atoms with E-state index in [-0.39, 0.29) is 5.91 Å². The standard InChI is InChI=1S/C18H14Cl2N4O/c1-11-5-6-15(8-16(11)20)24-18-21-9-12(10-22-18)17(25)23-14-4-2-3-13(19)7-14/h2-10H,1H3,(H,23,25)(H,21,22,24). The number of aromatic nitrogens is 2. The Morgan fingerprint density at radius 2 is 1.76 bits per heavy atom. The molecule has 0 saturated heterocycles. The van der Waals surface area contributed by atoms with Crippen molar-refractivity contribution in [1.82, 2.24) is 9.97 Å². The molecule has 126 valence electrons. The lowest BCUT2D eigenvalue weighted by Crippen LogP contribution is -2.13. The molecule has 25 heavy (non-hydrogen) atoms. The largest absolute Gasteiger partial charge is 0.324 e. The van der Waals surface area contributed by atoms with Crippen LogP contribution in [0.15, 0.2) is 54.9 Å². The van der Waals surface area contributed by atoms with Gasteiger partial charge in [-0.05, 0) is 42.8 Å². The number of rotatable bonds is 4. The third-order valence-electron chi connectivity index (χ3n) is 3.42. The van der Waals surface area contributed by atoms with Crippen molar-refractivity contribution in [2.45, 2.75) is 6.92 Å². The van der Waals surface area contributed by atoms with Gasteiger partial charge in [-0.3, -0.25) is 4.79 Å². The normalized spacial score (nSPS) is 10.4. The van der Waals surface area contributed by atoms with Gasteiger partial charge in [0.05, 0.1) is 5.56 Å². The highest BCUT2D eigenvalue weighted by molar-refractivity contribution is 6.31. The summed E-state index contributed by atoms with van der Waals surface area (Å²) in [5, 5.41) is 6.98. The molecule has 1 heterocycles. The summed E-state index contributed by atoms with van der Waals surface area (Å²) in [6, 6.07) is 12.5. The number of halogens is 2. The SMILES string of the molecule is Cc1ccc(Nc2ncc(C(=O)Nc3cccc(Cl)c3)cn2)cc1Cl. The number of carbonyl (C=O) groups is 1. The van der Waals surface area contributed by atoms with Gasteiger partial charge in [-0.25, -0.2) is 9.97 Å². The van der Waals surface area contributed by atoms with E-state index >= 15 is 0 Å². The first-order valence-corrected chi connectivity index (χ1v) is 8.19. The highest BCUT2D eigenvalue weighted by atomic mass is 35.5. The molecule has 2 N–H and O–H groups in total. The number of benzene rings is 2. The van der Waals surface area contributed by atoms with Crippen molar-refractivity contribution in [3.05, 3.63) is 76.0 Å². The van der Waals surface area contributed by atoms with Crippen LogP contribution >= 0.6 is 23.2 Å². The van der Waals surface area contributed by atoms with E-state index in [1.807, 2.05) is 19.1 Å². The van der Waals surface area contributed by atoms with Crippen molar-refractivity contribution in [2.24, 2.45) is 0 Å². The molecule has 0 saturated carbocycles. The third kappa shape index (κ3) is 4.47. The first kappa shape index (κ1) is 17.2. The number of carbonyl (C=O) groups excluding carboxylic acids is 1. The first-order valence-electron chi connectivity index (χ1n) is 7.43. The van der Waals surface area contributed by atoms with Gasteiger partial charge in [0.15, 0.2) is 0 Å². The highest BCUT2D eigenvalue weighted by Gasteiger charge is 2.08. The maximum Gasteiger partial charge on any atom is 0.258 e. The lowest BCUT2D eigenvalue weighted by molar-refractivity contribution is 0.102. The maximum absolute atomic E-state index is 12.2. The van der Waals surface area contributed by atoms with Crippen LogP contribution in [0.1, 0.15) is 15.9 Å². The molecule has 1 aromatic heterocycles. The number of anilines is 3. The fraction of sp³-hybridized carbons (Fsp3) is 0.0556. The van der Waals surface area contributed by atoms with Gasteiger partial charge in [-0.1, -0.05) is 35.3 Å². The van der Waals surface area contributed by atoms with Crippen LogP contribution < -0.4 is 10.6 Å². The van der Waals surface area contributed by atoms with E-state index in [0.29, 0.717) is 27.2 Å².